The number of fused-ring (bicyclic) bond motifs is 1. The summed E-state index contributed by atoms with van der Waals surface area (Å²) in [5.74, 6) is 1.91. The van der Waals surface area contributed by atoms with Crippen LogP contribution < -0.4 is 19.7 Å². The molecule has 1 heterocycles. The Bertz CT molecular complexity index is 836. The van der Waals surface area contributed by atoms with E-state index in [1.54, 1.807) is 32.4 Å². The van der Waals surface area contributed by atoms with Crippen LogP contribution in [0.25, 0.3) is 0 Å². The molecule has 1 aromatic carbocycles. The average Bonchev–Trinajstić information content (AvgIpc) is 2.74. The summed E-state index contributed by atoms with van der Waals surface area (Å²) in [7, 11) is 3.17. The van der Waals surface area contributed by atoms with Crippen molar-refractivity contribution in [1.82, 2.24) is 9.97 Å². The molecule has 0 saturated carbocycles. The smallest absolute Gasteiger partial charge is 0.227 e. The number of nitrogens with one attached hydrogen (secondary N) is 1. The molecule has 28 heavy (non-hydrogen) atoms. The molecule has 0 aliphatic heterocycles. The normalized spacial score (nSPS) is 15.5. The summed E-state index contributed by atoms with van der Waals surface area (Å²) in [4.78, 5) is 24.2. The number of rotatable bonds is 7. The molecule has 0 unspecified atom stereocenters. The maximum atomic E-state index is 12.8. The van der Waals surface area contributed by atoms with Gasteiger partial charge in [-0.25, -0.2) is 9.97 Å². The van der Waals surface area contributed by atoms with Crippen LogP contribution in [0.2, 0.25) is 0 Å². The molecule has 1 amide bonds. The summed E-state index contributed by atoms with van der Waals surface area (Å²) >= 11 is 0. The molecule has 3 rings (SSSR count). The van der Waals surface area contributed by atoms with Gasteiger partial charge in [0.1, 0.15) is 11.5 Å². The Morgan fingerprint density at radius 2 is 2.04 bits per heavy atom. The maximum absolute atomic E-state index is 12.8. The summed E-state index contributed by atoms with van der Waals surface area (Å²) < 4.78 is 10.6. The first-order valence-electron chi connectivity index (χ1n) is 9.72. The highest BCUT2D eigenvalue weighted by Gasteiger charge is 2.27. The molecule has 1 atom stereocenters. The third kappa shape index (κ3) is 4.18. The van der Waals surface area contributed by atoms with Gasteiger partial charge < -0.3 is 19.7 Å². The highest BCUT2D eigenvalue weighted by Crippen LogP contribution is 2.31. The Labute approximate surface area is 166 Å². The Hall–Kier alpha value is -2.83. The lowest BCUT2D eigenvalue weighted by molar-refractivity contribution is -0.120. The number of nitrogens with zero attached hydrogens (tertiary/aromatic N) is 3. The van der Waals surface area contributed by atoms with E-state index >= 15 is 0 Å². The number of anilines is 2. The van der Waals surface area contributed by atoms with Crippen molar-refractivity contribution in [1.29, 1.82) is 0 Å². The largest absolute Gasteiger partial charge is 0.497 e. The van der Waals surface area contributed by atoms with Crippen molar-refractivity contribution in [2.45, 2.75) is 33.1 Å². The van der Waals surface area contributed by atoms with Crippen molar-refractivity contribution >= 4 is 17.5 Å². The van der Waals surface area contributed by atoms with Crippen LogP contribution in [0.5, 0.6) is 11.5 Å². The first-order valence-corrected chi connectivity index (χ1v) is 9.72. The molecule has 0 radical (unpaired) electrons. The number of carbonyl (C=O) groups excluding carboxylic acids is 1. The lowest BCUT2D eigenvalue weighted by Gasteiger charge is -2.25. The van der Waals surface area contributed by atoms with Crippen molar-refractivity contribution in [3.05, 3.63) is 35.7 Å². The topological polar surface area (TPSA) is 76.6 Å². The predicted octanol–water partition coefficient (Wildman–Crippen LogP) is 3.08. The standard InChI is InChI=1S/C21H28N4O3/c1-5-25(6-2)21-22-13-15-11-14(7-9-17(15)24-21)20(26)23-18-10-8-16(27-3)12-19(18)28-4/h8,10,12-14H,5-7,9,11H2,1-4H3,(H,23,26)/t14-/m1/s1. The fraction of sp³-hybridized carbons (Fsp3) is 0.476. The quantitative estimate of drug-likeness (QED) is 0.791. The SMILES string of the molecule is CCN(CC)c1ncc2c(n1)CC[C@@H](C(=O)Nc1ccc(OC)cc1OC)C2. The zero-order chi connectivity index (χ0) is 20.1. The Morgan fingerprint density at radius 1 is 1.25 bits per heavy atom. The third-order valence-corrected chi connectivity index (χ3v) is 5.22. The van der Waals surface area contributed by atoms with Crippen molar-refractivity contribution in [2.75, 3.05) is 37.5 Å². The molecule has 1 N–H and O–H groups in total. The number of ether oxygens (including phenoxy) is 2. The third-order valence-electron chi connectivity index (χ3n) is 5.22. The fourth-order valence-corrected chi connectivity index (χ4v) is 3.52. The van der Waals surface area contributed by atoms with Gasteiger partial charge in [0.25, 0.3) is 0 Å². The van der Waals surface area contributed by atoms with Gasteiger partial charge in [-0.15, -0.1) is 0 Å². The molecule has 7 heteroatoms. The van der Waals surface area contributed by atoms with Crippen LogP contribution in [0.15, 0.2) is 24.4 Å². The summed E-state index contributed by atoms with van der Waals surface area (Å²) in [5, 5.41) is 2.99. The number of benzene rings is 1. The van der Waals surface area contributed by atoms with Crippen LogP contribution in [0.4, 0.5) is 11.6 Å². The summed E-state index contributed by atoms with van der Waals surface area (Å²) in [6, 6.07) is 5.36. The van der Waals surface area contributed by atoms with Gasteiger partial charge in [0.15, 0.2) is 0 Å². The molecule has 0 bridgehead atoms. The van der Waals surface area contributed by atoms with Gasteiger partial charge in [-0.05, 0) is 50.8 Å². The Kier molecular flexibility index (Phi) is 6.34. The second-order valence-corrected chi connectivity index (χ2v) is 6.81. The van der Waals surface area contributed by atoms with Crippen LogP contribution in [-0.4, -0.2) is 43.2 Å². The second-order valence-electron chi connectivity index (χ2n) is 6.81. The number of aryl methyl sites for hydroxylation is 1. The lowest BCUT2D eigenvalue weighted by atomic mass is 9.86. The van der Waals surface area contributed by atoms with Crippen molar-refractivity contribution < 1.29 is 14.3 Å². The molecule has 1 aliphatic rings. The molecule has 0 saturated heterocycles. The van der Waals surface area contributed by atoms with Crippen molar-refractivity contribution in [3.8, 4) is 11.5 Å². The molecule has 0 spiro atoms. The van der Waals surface area contributed by atoms with E-state index in [0.717, 1.165) is 43.1 Å². The van der Waals surface area contributed by atoms with Crippen LogP contribution in [0.3, 0.4) is 0 Å². The Morgan fingerprint density at radius 3 is 2.71 bits per heavy atom. The number of methoxy groups -OCH3 is 2. The predicted molar refractivity (Wildman–Crippen MR) is 109 cm³/mol. The second kappa shape index (κ2) is 8.91. The molecule has 1 aliphatic carbocycles. The molecule has 7 nitrogen and oxygen atoms in total. The maximum Gasteiger partial charge on any atom is 0.227 e. The molecule has 150 valence electrons. The van der Waals surface area contributed by atoms with E-state index in [1.807, 2.05) is 6.20 Å². The van der Waals surface area contributed by atoms with Gasteiger partial charge in [-0.3, -0.25) is 4.79 Å². The number of amides is 1. The minimum Gasteiger partial charge on any atom is -0.497 e. The number of hydrogen-bond acceptors (Lipinski definition) is 6. The van der Waals surface area contributed by atoms with Crippen LogP contribution in [-0.2, 0) is 17.6 Å². The van der Waals surface area contributed by atoms with E-state index in [2.05, 4.69) is 29.0 Å². The van der Waals surface area contributed by atoms with Crippen molar-refractivity contribution in [3.63, 3.8) is 0 Å². The van der Waals surface area contributed by atoms with Crippen molar-refractivity contribution in [2.24, 2.45) is 5.92 Å². The van der Waals surface area contributed by atoms with E-state index in [0.29, 0.717) is 23.6 Å². The van der Waals surface area contributed by atoms with Gasteiger partial charge in [-0.1, -0.05) is 0 Å². The van der Waals surface area contributed by atoms with E-state index < -0.39 is 0 Å². The minimum atomic E-state index is -0.109. The van der Waals surface area contributed by atoms with E-state index in [9.17, 15) is 4.79 Å². The number of carbonyl (C=O) groups is 1. The van der Waals surface area contributed by atoms with Gasteiger partial charge in [-0.2, -0.15) is 0 Å². The zero-order valence-electron chi connectivity index (χ0n) is 17.0. The van der Waals surface area contributed by atoms with Gasteiger partial charge in [0.05, 0.1) is 19.9 Å². The van der Waals surface area contributed by atoms with Crippen LogP contribution in [0, 0.1) is 5.92 Å². The summed E-state index contributed by atoms with van der Waals surface area (Å²) in [6.07, 6.45) is 4.08. The van der Waals surface area contributed by atoms with Crippen LogP contribution in [0.1, 0.15) is 31.5 Å². The highest BCUT2D eigenvalue weighted by molar-refractivity contribution is 5.94. The summed E-state index contributed by atoms with van der Waals surface area (Å²) in [6.45, 7) is 5.95. The lowest BCUT2D eigenvalue weighted by Crippen LogP contribution is -2.30. The summed E-state index contributed by atoms with van der Waals surface area (Å²) in [5.41, 5.74) is 2.76. The molecular weight excluding hydrogens is 356 g/mol. The number of aromatic nitrogens is 2. The zero-order valence-corrected chi connectivity index (χ0v) is 17.0. The fourth-order valence-electron chi connectivity index (χ4n) is 3.52. The molecular formula is C21H28N4O3. The number of hydrogen-bond donors (Lipinski definition) is 1. The van der Waals surface area contributed by atoms with Crippen LogP contribution >= 0.6 is 0 Å². The van der Waals surface area contributed by atoms with E-state index in [1.165, 1.54) is 0 Å². The molecule has 1 aromatic heterocycles. The highest BCUT2D eigenvalue weighted by atomic mass is 16.5. The minimum absolute atomic E-state index is 0.0121. The first kappa shape index (κ1) is 19.9. The molecule has 2 aromatic rings. The monoisotopic (exact) mass is 384 g/mol. The van der Waals surface area contributed by atoms with Gasteiger partial charge >= 0.3 is 0 Å². The molecule has 0 fully saturated rings. The first-order chi connectivity index (χ1) is 13.6. The Balaban J connectivity index is 1.71. The van der Waals surface area contributed by atoms with E-state index in [-0.39, 0.29) is 11.8 Å². The van der Waals surface area contributed by atoms with E-state index in [4.69, 9.17) is 14.5 Å². The van der Waals surface area contributed by atoms with Gasteiger partial charge in [0, 0.05) is 37.0 Å². The van der Waals surface area contributed by atoms with Gasteiger partial charge in [0.2, 0.25) is 11.9 Å². The average molecular weight is 384 g/mol.